The standard InChI is InChI=1S/C24H25N5O3S/c1-15-11-18(13-19(26-15)24(2,3)31)21-20(17-6-4-5-16(12-17)14-25)27-22(33-21)28-23(30)29-7-9-32-10-8-29/h4-6,11-13,31H,7-10H2,1-3H3,(H,27,28,30). The number of nitriles is 1. The van der Waals surface area contributed by atoms with Crippen LogP contribution in [0.2, 0.25) is 0 Å². The smallest absolute Gasteiger partial charge is 0.323 e. The molecule has 0 atom stereocenters. The zero-order chi connectivity index (χ0) is 23.6. The Balaban J connectivity index is 1.79. The Kier molecular flexibility index (Phi) is 6.42. The minimum absolute atomic E-state index is 0.223. The average Bonchev–Trinajstić information content (AvgIpc) is 3.22. The summed E-state index contributed by atoms with van der Waals surface area (Å²) in [7, 11) is 0. The first kappa shape index (κ1) is 22.9. The third-order valence-electron chi connectivity index (χ3n) is 5.25. The van der Waals surface area contributed by atoms with Crippen molar-refractivity contribution < 1.29 is 14.6 Å². The summed E-state index contributed by atoms with van der Waals surface area (Å²) in [6.45, 7) is 7.33. The third kappa shape index (κ3) is 5.20. The van der Waals surface area contributed by atoms with Crippen molar-refractivity contribution in [2.24, 2.45) is 0 Å². The van der Waals surface area contributed by atoms with E-state index >= 15 is 0 Å². The number of hydrogen-bond acceptors (Lipinski definition) is 7. The monoisotopic (exact) mass is 463 g/mol. The predicted molar refractivity (Wildman–Crippen MR) is 127 cm³/mol. The number of aromatic nitrogens is 2. The first-order chi connectivity index (χ1) is 15.7. The topological polar surface area (TPSA) is 111 Å². The highest BCUT2D eigenvalue weighted by atomic mass is 32.1. The molecule has 1 aromatic carbocycles. The van der Waals surface area contributed by atoms with E-state index in [0.29, 0.717) is 48.4 Å². The minimum atomic E-state index is -1.11. The lowest BCUT2D eigenvalue weighted by molar-refractivity contribution is 0.0564. The molecule has 0 radical (unpaired) electrons. The molecule has 0 spiro atoms. The van der Waals surface area contributed by atoms with Crippen molar-refractivity contribution in [2.45, 2.75) is 26.4 Å². The van der Waals surface area contributed by atoms with Crippen molar-refractivity contribution in [2.75, 3.05) is 31.6 Å². The van der Waals surface area contributed by atoms with Crippen molar-refractivity contribution in [3.63, 3.8) is 0 Å². The Morgan fingerprint density at radius 1 is 1.21 bits per heavy atom. The van der Waals surface area contributed by atoms with Crippen LogP contribution in [0.1, 0.15) is 30.8 Å². The Hall–Kier alpha value is -3.32. The van der Waals surface area contributed by atoms with Crippen molar-refractivity contribution in [1.29, 1.82) is 5.26 Å². The summed E-state index contributed by atoms with van der Waals surface area (Å²) < 4.78 is 5.32. The van der Waals surface area contributed by atoms with Gasteiger partial charge in [0.2, 0.25) is 0 Å². The van der Waals surface area contributed by atoms with Gasteiger partial charge in [-0.15, -0.1) is 0 Å². The first-order valence-corrected chi connectivity index (χ1v) is 11.4. The van der Waals surface area contributed by atoms with Crippen molar-refractivity contribution >= 4 is 22.5 Å². The number of hydrogen-bond donors (Lipinski definition) is 2. The number of rotatable bonds is 4. The van der Waals surface area contributed by atoms with Gasteiger partial charge in [0, 0.05) is 24.3 Å². The quantitative estimate of drug-likeness (QED) is 0.601. The van der Waals surface area contributed by atoms with E-state index in [0.717, 1.165) is 21.7 Å². The molecule has 1 aliphatic heterocycles. The fourth-order valence-corrected chi connectivity index (χ4v) is 4.52. The highest BCUT2D eigenvalue weighted by molar-refractivity contribution is 7.19. The molecule has 0 aliphatic carbocycles. The maximum absolute atomic E-state index is 12.7. The number of urea groups is 1. The van der Waals surface area contributed by atoms with E-state index in [9.17, 15) is 15.2 Å². The van der Waals surface area contributed by atoms with E-state index in [1.54, 1.807) is 30.9 Å². The summed E-state index contributed by atoms with van der Waals surface area (Å²) in [5.74, 6) is 0. The molecule has 2 N–H and O–H groups in total. The van der Waals surface area contributed by atoms with Crippen LogP contribution < -0.4 is 5.32 Å². The molecule has 1 fully saturated rings. The molecule has 0 saturated carbocycles. The molecule has 33 heavy (non-hydrogen) atoms. The van der Waals surface area contributed by atoms with Gasteiger partial charge in [-0.25, -0.2) is 9.78 Å². The molecule has 170 valence electrons. The summed E-state index contributed by atoms with van der Waals surface area (Å²) >= 11 is 1.35. The van der Waals surface area contributed by atoms with Crippen LogP contribution >= 0.6 is 11.3 Å². The predicted octanol–water partition coefficient (Wildman–Crippen LogP) is 4.14. The first-order valence-electron chi connectivity index (χ1n) is 10.6. The number of nitrogens with one attached hydrogen (secondary N) is 1. The van der Waals surface area contributed by atoms with Crippen LogP contribution in [-0.4, -0.2) is 52.3 Å². The molecule has 0 unspecified atom stereocenters. The van der Waals surface area contributed by atoms with E-state index in [-0.39, 0.29) is 6.03 Å². The Morgan fingerprint density at radius 3 is 2.67 bits per heavy atom. The summed E-state index contributed by atoms with van der Waals surface area (Å²) in [4.78, 5) is 24.5. The van der Waals surface area contributed by atoms with Crippen LogP contribution in [0.3, 0.4) is 0 Å². The van der Waals surface area contributed by atoms with E-state index < -0.39 is 5.60 Å². The molecular weight excluding hydrogens is 438 g/mol. The summed E-state index contributed by atoms with van der Waals surface area (Å²) in [5, 5.41) is 23.2. The molecule has 1 saturated heterocycles. The van der Waals surface area contributed by atoms with Crippen LogP contribution in [-0.2, 0) is 10.3 Å². The Bertz CT molecular complexity index is 1220. The highest BCUT2D eigenvalue weighted by Gasteiger charge is 2.23. The number of carbonyl (C=O) groups excluding carboxylic acids is 1. The zero-order valence-corrected chi connectivity index (χ0v) is 19.6. The zero-order valence-electron chi connectivity index (χ0n) is 18.8. The molecule has 4 rings (SSSR count). The molecule has 3 heterocycles. The lowest BCUT2D eigenvalue weighted by atomic mass is 9.99. The summed E-state index contributed by atoms with van der Waals surface area (Å²) in [6.07, 6.45) is 0. The van der Waals surface area contributed by atoms with Crippen molar-refractivity contribution in [3.8, 4) is 27.8 Å². The van der Waals surface area contributed by atoms with Gasteiger partial charge in [-0.05, 0) is 50.6 Å². The number of pyridine rings is 1. The van der Waals surface area contributed by atoms with Crippen LogP contribution in [0, 0.1) is 18.3 Å². The number of nitrogens with zero attached hydrogens (tertiary/aromatic N) is 4. The normalized spacial score (nSPS) is 14.1. The second-order valence-corrected chi connectivity index (χ2v) is 9.36. The largest absolute Gasteiger partial charge is 0.384 e. The third-order valence-corrected chi connectivity index (χ3v) is 6.27. The second-order valence-electron chi connectivity index (χ2n) is 8.36. The van der Waals surface area contributed by atoms with Crippen molar-refractivity contribution in [3.05, 3.63) is 53.3 Å². The summed E-state index contributed by atoms with van der Waals surface area (Å²) in [5.41, 5.74) is 2.97. The maximum Gasteiger partial charge on any atom is 0.323 e. The molecule has 9 heteroatoms. The van der Waals surface area contributed by atoms with Crippen molar-refractivity contribution in [1.82, 2.24) is 14.9 Å². The number of anilines is 1. The van der Waals surface area contributed by atoms with Gasteiger partial charge in [-0.1, -0.05) is 23.5 Å². The molecule has 2 aromatic heterocycles. The van der Waals surface area contributed by atoms with Gasteiger partial charge in [0.25, 0.3) is 0 Å². The molecule has 0 bridgehead atoms. The lowest BCUT2D eigenvalue weighted by Gasteiger charge is -2.26. The number of thiazole rings is 1. The van der Waals surface area contributed by atoms with Gasteiger partial charge < -0.3 is 14.7 Å². The van der Waals surface area contributed by atoms with Gasteiger partial charge in [0.1, 0.15) is 5.60 Å². The SMILES string of the molecule is Cc1cc(-c2sc(NC(=O)N3CCOCC3)nc2-c2cccc(C#N)c2)cc(C(C)(C)O)n1. The van der Waals surface area contributed by atoms with E-state index in [2.05, 4.69) is 16.4 Å². The molecule has 3 aromatic rings. The maximum atomic E-state index is 12.7. The van der Waals surface area contributed by atoms with Gasteiger partial charge in [-0.2, -0.15) is 5.26 Å². The molecule has 2 amide bonds. The summed E-state index contributed by atoms with van der Waals surface area (Å²) in [6, 6.07) is 12.9. The van der Waals surface area contributed by atoms with Crippen LogP contribution in [0.15, 0.2) is 36.4 Å². The minimum Gasteiger partial charge on any atom is -0.384 e. The number of ether oxygens (including phenoxy) is 1. The van der Waals surface area contributed by atoms with Crippen LogP contribution in [0.25, 0.3) is 21.7 Å². The number of aryl methyl sites for hydroxylation is 1. The Labute approximate surface area is 196 Å². The van der Waals surface area contributed by atoms with Gasteiger partial charge >= 0.3 is 6.03 Å². The number of morpholine rings is 1. The highest BCUT2D eigenvalue weighted by Crippen LogP contribution is 2.40. The second kappa shape index (κ2) is 9.27. The molecule has 8 nitrogen and oxygen atoms in total. The molecule has 1 aliphatic rings. The number of amides is 2. The van der Waals surface area contributed by atoms with Crippen LogP contribution in [0.4, 0.5) is 9.93 Å². The lowest BCUT2D eigenvalue weighted by Crippen LogP contribution is -2.43. The van der Waals surface area contributed by atoms with E-state index in [1.165, 1.54) is 11.3 Å². The molecular formula is C24H25N5O3S. The number of aliphatic hydroxyl groups is 1. The van der Waals surface area contributed by atoms with Crippen LogP contribution in [0.5, 0.6) is 0 Å². The van der Waals surface area contributed by atoms with E-state index in [1.807, 2.05) is 31.2 Å². The number of benzene rings is 1. The fourth-order valence-electron chi connectivity index (χ4n) is 3.55. The Morgan fingerprint density at radius 2 is 1.97 bits per heavy atom. The van der Waals surface area contributed by atoms with E-state index in [4.69, 9.17) is 9.72 Å². The van der Waals surface area contributed by atoms with Gasteiger partial charge in [0.05, 0.1) is 41.1 Å². The number of carbonyl (C=O) groups is 1. The average molecular weight is 464 g/mol. The van der Waals surface area contributed by atoms with Gasteiger partial charge in [0.15, 0.2) is 5.13 Å². The fraction of sp³-hybridized carbons (Fsp3) is 0.333. The van der Waals surface area contributed by atoms with Gasteiger partial charge in [-0.3, -0.25) is 10.3 Å².